The van der Waals surface area contributed by atoms with Crippen molar-refractivity contribution in [3.63, 3.8) is 0 Å². The van der Waals surface area contributed by atoms with Crippen molar-refractivity contribution in [3.05, 3.63) is 47.5 Å². The number of hydrogen-bond donors (Lipinski definition) is 3. The van der Waals surface area contributed by atoms with Crippen LogP contribution in [0.2, 0.25) is 5.02 Å². The van der Waals surface area contributed by atoms with E-state index in [1.165, 1.54) is 0 Å². The zero-order valence-corrected chi connectivity index (χ0v) is 13.2. The van der Waals surface area contributed by atoms with Crippen LogP contribution in [0.4, 0.5) is 17.1 Å². The lowest BCUT2D eigenvalue weighted by Gasteiger charge is -2.14. The van der Waals surface area contributed by atoms with Crippen molar-refractivity contribution in [1.29, 1.82) is 0 Å². The van der Waals surface area contributed by atoms with E-state index in [-0.39, 0.29) is 0 Å². The van der Waals surface area contributed by atoms with E-state index < -0.39 is 0 Å². The number of benzene rings is 2. The summed E-state index contributed by atoms with van der Waals surface area (Å²) in [6, 6.07) is 13.1. The number of thioether (sulfide) groups is 1. The van der Waals surface area contributed by atoms with Crippen LogP contribution in [0, 0.1) is 0 Å². The number of anilines is 3. The Hall–Kier alpha value is -1.43. The van der Waals surface area contributed by atoms with Crippen molar-refractivity contribution in [1.82, 2.24) is 0 Å². The largest absolute Gasteiger partial charge is 0.399 e. The van der Waals surface area contributed by atoms with Gasteiger partial charge in [-0.2, -0.15) is 0 Å². The van der Waals surface area contributed by atoms with Gasteiger partial charge in [0.1, 0.15) is 0 Å². The quantitative estimate of drug-likeness (QED) is 0.442. The molecule has 0 aliphatic carbocycles. The summed E-state index contributed by atoms with van der Waals surface area (Å²) in [6.45, 7) is 0. The second kappa shape index (κ2) is 6.83. The Kier molecular flexibility index (Phi) is 5.11. The molecule has 0 heterocycles. The van der Waals surface area contributed by atoms with Crippen molar-refractivity contribution >= 4 is 57.8 Å². The molecule has 20 heavy (non-hydrogen) atoms. The summed E-state index contributed by atoms with van der Waals surface area (Å²) < 4.78 is 0. The first kappa shape index (κ1) is 15.0. The normalized spacial score (nSPS) is 10.1. The lowest BCUT2D eigenvalue weighted by Crippen LogP contribution is -2.19. The fourth-order valence-corrected chi connectivity index (χ4v) is 2.90. The maximum absolute atomic E-state index is 6.15. The summed E-state index contributed by atoms with van der Waals surface area (Å²) in [5.41, 5.74) is 8.12. The van der Waals surface area contributed by atoms with Crippen molar-refractivity contribution in [2.45, 2.75) is 4.90 Å². The summed E-state index contributed by atoms with van der Waals surface area (Å²) in [6.07, 6.45) is 1.98. The van der Waals surface area contributed by atoms with Crippen LogP contribution in [-0.4, -0.2) is 11.4 Å². The third kappa shape index (κ3) is 3.79. The molecule has 0 fully saturated rings. The van der Waals surface area contributed by atoms with Gasteiger partial charge in [0, 0.05) is 16.3 Å². The molecule has 0 saturated carbocycles. The van der Waals surface area contributed by atoms with E-state index in [2.05, 4.69) is 10.6 Å². The maximum atomic E-state index is 6.15. The molecule has 2 aromatic rings. The number of thiocarbonyl (C=S) groups is 1. The van der Waals surface area contributed by atoms with Gasteiger partial charge in [-0.15, -0.1) is 11.8 Å². The lowest BCUT2D eigenvalue weighted by atomic mass is 10.3. The van der Waals surface area contributed by atoms with Crippen LogP contribution >= 0.6 is 35.6 Å². The Balaban J connectivity index is 2.08. The molecule has 0 bridgehead atoms. The number of nitrogens with two attached hydrogens (primary N) is 1. The van der Waals surface area contributed by atoms with Gasteiger partial charge in [-0.25, -0.2) is 0 Å². The number of nitrogen functional groups attached to an aromatic ring is 1. The zero-order chi connectivity index (χ0) is 14.5. The molecule has 6 heteroatoms. The number of hydrogen-bond acceptors (Lipinski definition) is 3. The van der Waals surface area contributed by atoms with Gasteiger partial charge in [-0.05, 0) is 54.9 Å². The number of nitrogens with one attached hydrogen (secondary N) is 2. The van der Waals surface area contributed by atoms with Gasteiger partial charge >= 0.3 is 0 Å². The van der Waals surface area contributed by atoms with Crippen LogP contribution in [0.3, 0.4) is 0 Å². The summed E-state index contributed by atoms with van der Waals surface area (Å²) in [4.78, 5) is 0.968. The van der Waals surface area contributed by atoms with Gasteiger partial charge in [0.15, 0.2) is 5.11 Å². The molecule has 0 atom stereocenters. The van der Waals surface area contributed by atoms with Gasteiger partial charge in [-0.1, -0.05) is 17.7 Å². The van der Waals surface area contributed by atoms with Crippen molar-refractivity contribution < 1.29 is 0 Å². The molecule has 0 amide bonds. The first-order valence-corrected chi connectivity index (χ1v) is 7.87. The second-order valence-corrected chi connectivity index (χ2v) is 5.65. The molecule has 2 aromatic carbocycles. The molecule has 104 valence electrons. The monoisotopic (exact) mass is 323 g/mol. The predicted molar refractivity (Wildman–Crippen MR) is 93.9 cm³/mol. The molecule has 0 spiro atoms. The average Bonchev–Trinajstić information content (AvgIpc) is 2.42. The van der Waals surface area contributed by atoms with Crippen LogP contribution < -0.4 is 16.4 Å². The van der Waals surface area contributed by atoms with Gasteiger partial charge in [0.2, 0.25) is 0 Å². The maximum Gasteiger partial charge on any atom is 0.175 e. The highest BCUT2D eigenvalue weighted by Gasteiger charge is 2.07. The first-order chi connectivity index (χ1) is 9.60. The predicted octanol–water partition coefficient (Wildman–Crippen LogP) is 4.45. The number of halogens is 1. The Morgan fingerprint density at radius 1 is 1.15 bits per heavy atom. The molecule has 0 unspecified atom stereocenters. The van der Waals surface area contributed by atoms with Gasteiger partial charge < -0.3 is 16.4 Å². The Bertz CT molecular complexity index is 614. The summed E-state index contributed by atoms with van der Waals surface area (Å²) >= 11 is 13.0. The molecule has 4 N–H and O–H groups in total. The van der Waals surface area contributed by atoms with E-state index >= 15 is 0 Å². The second-order valence-electron chi connectivity index (χ2n) is 4.02. The third-order valence-corrected chi connectivity index (χ3v) is 4.07. The van der Waals surface area contributed by atoms with E-state index in [1.807, 2.05) is 48.7 Å². The molecular formula is C14H14ClN3S2. The van der Waals surface area contributed by atoms with Crippen molar-refractivity contribution in [3.8, 4) is 0 Å². The fraction of sp³-hybridized carbons (Fsp3) is 0.0714. The summed E-state index contributed by atoms with van der Waals surface area (Å²) in [5, 5.41) is 7.46. The Morgan fingerprint density at radius 3 is 2.50 bits per heavy atom. The van der Waals surface area contributed by atoms with Crippen LogP contribution in [0.5, 0.6) is 0 Å². The fourth-order valence-electron chi connectivity index (χ4n) is 1.67. The highest BCUT2D eigenvalue weighted by atomic mass is 35.5. The lowest BCUT2D eigenvalue weighted by molar-refractivity contribution is 1.44. The van der Waals surface area contributed by atoms with E-state index in [9.17, 15) is 0 Å². The highest BCUT2D eigenvalue weighted by molar-refractivity contribution is 7.98. The number of rotatable bonds is 3. The van der Waals surface area contributed by atoms with Crippen LogP contribution in [0.1, 0.15) is 0 Å². The highest BCUT2D eigenvalue weighted by Crippen LogP contribution is 2.32. The van der Waals surface area contributed by atoms with E-state index in [0.29, 0.717) is 15.8 Å². The smallest absolute Gasteiger partial charge is 0.175 e. The van der Waals surface area contributed by atoms with Gasteiger partial charge in [0.05, 0.1) is 10.7 Å². The van der Waals surface area contributed by atoms with E-state index in [0.717, 1.165) is 16.3 Å². The van der Waals surface area contributed by atoms with Crippen molar-refractivity contribution in [2.24, 2.45) is 0 Å². The van der Waals surface area contributed by atoms with E-state index in [4.69, 9.17) is 29.6 Å². The SMILES string of the molecule is CSc1c(Cl)cccc1NC(=S)Nc1ccc(N)cc1. The summed E-state index contributed by atoms with van der Waals surface area (Å²) in [5.74, 6) is 0. The van der Waals surface area contributed by atoms with Gasteiger partial charge in [0.25, 0.3) is 0 Å². The molecule has 0 saturated heterocycles. The molecule has 3 nitrogen and oxygen atoms in total. The minimum Gasteiger partial charge on any atom is -0.399 e. The minimum atomic E-state index is 0.507. The molecule has 0 aliphatic heterocycles. The molecule has 2 rings (SSSR count). The molecule has 0 aliphatic rings. The topological polar surface area (TPSA) is 50.1 Å². The molecule has 0 aromatic heterocycles. The van der Waals surface area contributed by atoms with Crippen molar-refractivity contribution in [2.75, 3.05) is 22.6 Å². The first-order valence-electron chi connectivity index (χ1n) is 5.86. The van der Waals surface area contributed by atoms with Gasteiger partial charge in [-0.3, -0.25) is 0 Å². The van der Waals surface area contributed by atoms with E-state index in [1.54, 1.807) is 11.8 Å². The minimum absolute atomic E-state index is 0.507. The van der Waals surface area contributed by atoms with Crippen LogP contribution in [0.15, 0.2) is 47.4 Å². The third-order valence-electron chi connectivity index (χ3n) is 2.59. The summed E-state index contributed by atoms with van der Waals surface area (Å²) in [7, 11) is 0. The average molecular weight is 324 g/mol. The standard InChI is InChI=1S/C14H14ClN3S2/c1-20-13-11(15)3-2-4-12(13)18-14(19)17-10-7-5-9(16)6-8-10/h2-8H,16H2,1H3,(H2,17,18,19). The Morgan fingerprint density at radius 2 is 1.85 bits per heavy atom. The molecular weight excluding hydrogens is 310 g/mol. The molecule has 0 radical (unpaired) electrons. The van der Waals surface area contributed by atoms with Crippen LogP contribution in [0.25, 0.3) is 0 Å². The Labute approximate surface area is 132 Å². The zero-order valence-electron chi connectivity index (χ0n) is 10.8. The van der Waals surface area contributed by atoms with Crippen LogP contribution in [-0.2, 0) is 0 Å².